The molecule has 2 aromatic rings. The molecule has 1 atom stereocenters. The van der Waals surface area contributed by atoms with Gasteiger partial charge >= 0.3 is 6.18 Å². The van der Waals surface area contributed by atoms with E-state index in [-0.39, 0.29) is 11.3 Å². The molecule has 0 N–H and O–H groups in total. The highest BCUT2D eigenvalue weighted by Gasteiger charge is 2.72. The molecule has 3 fully saturated rings. The van der Waals surface area contributed by atoms with E-state index in [1.54, 1.807) is 6.21 Å². The van der Waals surface area contributed by atoms with Gasteiger partial charge in [-0.2, -0.15) is 23.4 Å². The zero-order chi connectivity index (χ0) is 21.3. The van der Waals surface area contributed by atoms with Gasteiger partial charge in [-0.05, 0) is 42.4 Å². The molecule has 1 aliphatic heterocycles. The van der Waals surface area contributed by atoms with Crippen LogP contribution < -0.4 is 0 Å². The predicted octanol–water partition coefficient (Wildman–Crippen LogP) is 4.31. The summed E-state index contributed by atoms with van der Waals surface area (Å²) >= 11 is 0. The minimum absolute atomic E-state index is 0.204. The maximum Gasteiger partial charge on any atom is 0.419 e. The van der Waals surface area contributed by atoms with Crippen molar-refractivity contribution in [1.29, 1.82) is 0 Å². The first-order chi connectivity index (χ1) is 14.1. The minimum atomic E-state index is -4.44. The molecule has 1 amide bonds. The van der Waals surface area contributed by atoms with Gasteiger partial charge in [0.05, 0.1) is 23.2 Å². The second-order valence-electron chi connectivity index (χ2n) is 8.64. The number of carbonyl (C=O) groups is 1. The van der Waals surface area contributed by atoms with Gasteiger partial charge in [0.1, 0.15) is 11.6 Å². The maximum atomic E-state index is 13.6. The van der Waals surface area contributed by atoms with E-state index in [0.717, 1.165) is 18.5 Å². The number of aromatic nitrogens is 2. The molecule has 3 saturated carbocycles. The molecule has 30 heavy (non-hydrogen) atoms. The Balaban J connectivity index is 1.26. The van der Waals surface area contributed by atoms with Crippen LogP contribution in [0.5, 0.6) is 0 Å². The molecule has 0 radical (unpaired) electrons. The van der Waals surface area contributed by atoms with E-state index in [2.05, 4.69) is 10.2 Å². The zero-order valence-corrected chi connectivity index (χ0v) is 15.7. The van der Waals surface area contributed by atoms with Crippen molar-refractivity contribution in [3.63, 3.8) is 0 Å². The van der Waals surface area contributed by atoms with Crippen LogP contribution in [-0.2, 0) is 17.5 Å². The molecule has 3 aliphatic carbocycles. The van der Waals surface area contributed by atoms with Gasteiger partial charge in [-0.25, -0.2) is 13.8 Å². The second-order valence-corrected chi connectivity index (χ2v) is 8.64. The summed E-state index contributed by atoms with van der Waals surface area (Å²) in [6.07, 6.45) is 0.873. The molecule has 10 heteroatoms. The third-order valence-electron chi connectivity index (χ3n) is 6.36. The van der Waals surface area contributed by atoms with Crippen molar-refractivity contribution in [3.8, 4) is 0 Å². The first-order valence-corrected chi connectivity index (χ1v) is 9.51. The number of amides is 1. The number of carbonyl (C=O) groups excluding carboxylic acids is 1. The topological polar surface area (TPSA) is 50.5 Å². The molecule has 2 bridgehead atoms. The van der Waals surface area contributed by atoms with E-state index in [1.807, 2.05) is 0 Å². The Morgan fingerprint density at radius 2 is 1.80 bits per heavy atom. The summed E-state index contributed by atoms with van der Waals surface area (Å²) < 4.78 is 66.7. The number of alkyl halides is 3. The lowest BCUT2D eigenvalue weighted by atomic mass is 9.34. The zero-order valence-electron chi connectivity index (χ0n) is 15.7. The van der Waals surface area contributed by atoms with Crippen LogP contribution in [0.4, 0.5) is 22.0 Å². The largest absolute Gasteiger partial charge is 0.419 e. The van der Waals surface area contributed by atoms with Crippen LogP contribution in [0.25, 0.3) is 0 Å². The Bertz CT molecular complexity index is 1020. The summed E-state index contributed by atoms with van der Waals surface area (Å²) in [6, 6.07) is 2.60. The molecule has 1 aromatic carbocycles. The fraction of sp³-hybridized carbons (Fsp3) is 0.450. The number of halogens is 5. The van der Waals surface area contributed by atoms with E-state index in [4.69, 9.17) is 0 Å². The van der Waals surface area contributed by atoms with Crippen LogP contribution in [0.15, 0.2) is 35.7 Å². The van der Waals surface area contributed by atoms with Crippen molar-refractivity contribution in [2.75, 3.05) is 0 Å². The Kier molecular flexibility index (Phi) is 3.91. The minimum Gasteiger partial charge on any atom is -0.272 e. The Morgan fingerprint density at radius 1 is 1.13 bits per heavy atom. The molecule has 0 saturated heterocycles. The van der Waals surface area contributed by atoms with Crippen molar-refractivity contribution in [3.05, 3.63) is 53.4 Å². The summed E-state index contributed by atoms with van der Waals surface area (Å²) in [5.74, 6) is -1.64. The van der Waals surface area contributed by atoms with Crippen molar-refractivity contribution in [1.82, 2.24) is 14.8 Å². The summed E-state index contributed by atoms with van der Waals surface area (Å²) in [7, 11) is 0. The van der Waals surface area contributed by atoms with Gasteiger partial charge in [0.25, 0.3) is 0 Å². The maximum absolute atomic E-state index is 13.6. The molecule has 158 valence electrons. The summed E-state index contributed by atoms with van der Waals surface area (Å²) in [4.78, 5) is 13.1. The number of hydrogen-bond donors (Lipinski definition) is 0. The Morgan fingerprint density at radius 3 is 2.40 bits per heavy atom. The highest BCUT2D eigenvalue weighted by Crippen LogP contribution is 2.74. The fourth-order valence-electron chi connectivity index (χ4n) is 5.23. The van der Waals surface area contributed by atoms with Gasteiger partial charge in [0.15, 0.2) is 0 Å². The van der Waals surface area contributed by atoms with Gasteiger partial charge < -0.3 is 0 Å². The normalized spacial score (nSPS) is 29.6. The number of hydrazone groups is 1. The lowest BCUT2D eigenvalue weighted by Crippen LogP contribution is -2.68. The first-order valence-electron chi connectivity index (χ1n) is 9.51. The van der Waals surface area contributed by atoms with E-state index >= 15 is 0 Å². The third kappa shape index (κ3) is 2.92. The Labute approximate surface area is 168 Å². The molecular formula is C20H17F5N4O. The van der Waals surface area contributed by atoms with E-state index in [0.29, 0.717) is 37.8 Å². The molecular weight excluding hydrogens is 407 g/mol. The van der Waals surface area contributed by atoms with Crippen LogP contribution in [0.1, 0.15) is 42.9 Å². The lowest BCUT2D eigenvalue weighted by molar-refractivity contribution is -0.223. The van der Waals surface area contributed by atoms with Crippen LogP contribution in [-0.4, -0.2) is 26.9 Å². The monoisotopic (exact) mass is 424 g/mol. The molecule has 4 aliphatic rings. The predicted molar refractivity (Wildman–Crippen MR) is 95.0 cm³/mol. The van der Waals surface area contributed by atoms with Crippen molar-refractivity contribution in [2.24, 2.45) is 15.9 Å². The average molecular weight is 424 g/mol. The summed E-state index contributed by atoms with van der Waals surface area (Å²) in [6.45, 7) is 0.319. The number of nitrogens with zero attached hydrogens (tertiary/aromatic N) is 4. The number of benzene rings is 1. The highest BCUT2D eigenvalue weighted by molar-refractivity contribution is 5.88. The molecule has 0 spiro atoms. The SMILES string of the molecule is O=C(N1N=CCC1c1cc(F)cc(F)c1)C12CC(Cn3cc(C(F)(F)F)cn3)(C1)C2. The van der Waals surface area contributed by atoms with Gasteiger partial charge in [-0.15, -0.1) is 0 Å². The molecule has 1 aromatic heterocycles. The molecule has 2 heterocycles. The van der Waals surface area contributed by atoms with E-state index < -0.39 is 34.8 Å². The number of hydrogen-bond acceptors (Lipinski definition) is 3. The van der Waals surface area contributed by atoms with Crippen molar-refractivity contribution in [2.45, 2.75) is 44.4 Å². The second kappa shape index (κ2) is 6.12. The van der Waals surface area contributed by atoms with E-state index in [9.17, 15) is 26.7 Å². The smallest absolute Gasteiger partial charge is 0.272 e. The third-order valence-corrected chi connectivity index (χ3v) is 6.36. The molecule has 1 unspecified atom stereocenters. The average Bonchev–Trinajstić information content (AvgIpc) is 3.24. The van der Waals surface area contributed by atoms with Gasteiger partial charge in [0.2, 0.25) is 5.91 Å². The molecule has 6 rings (SSSR count). The van der Waals surface area contributed by atoms with Gasteiger partial charge in [0, 0.05) is 31.4 Å². The van der Waals surface area contributed by atoms with Crippen molar-refractivity contribution >= 4 is 12.1 Å². The van der Waals surface area contributed by atoms with Crippen LogP contribution in [0, 0.1) is 22.5 Å². The lowest BCUT2D eigenvalue weighted by Gasteiger charge is -2.69. The van der Waals surface area contributed by atoms with Crippen molar-refractivity contribution < 1.29 is 26.7 Å². The first kappa shape index (κ1) is 19.2. The van der Waals surface area contributed by atoms with Gasteiger partial charge in [-0.1, -0.05) is 0 Å². The highest BCUT2D eigenvalue weighted by atomic mass is 19.4. The standard InChI is InChI=1S/C20H17F5N4O/c21-14-3-12(4-15(22)5-14)16-1-2-26-29(16)17(30)19-8-18(9-19,10-19)11-28-7-13(6-27-28)20(23,24)25/h2-7,16H,1,8-11H2. The summed E-state index contributed by atoms with van der Waals surface area (Å²) in [5, 5.41) is 9.23. The van der Waals surface area contributed by atoms with E-state index in [1.165, 1.54) is 21.8 Å². The number of rotatable bonds is 4. The van der Waals surface area contributed by atoms with Crippen LogP contribution in [0.2, 0.25) is 0 Å². The van der Waals surface area contributed by atoms with Gasteiger partial charge in [-0.3, -0.25) is 9.48 Å². The Hall–Kier alpha value is -2.78. The van der Waals surface area contributed by atoms with Crippen LogP contribution >= 0.6 is 0 Å². The summed E-state index contributed by atoms with van der Waals surface area (Å²) in [5.41, 5.74) is -1.30. The fourth-order valence-corrected chi connectivity index (χ4v) is 5.23. The molecule has 5 nitrogen and oxygen atoms in total. The van der Waals surface area contributed by atoms with Crippen LogP contribution in [0.3, 0.4) is 0 Å². The quantitative estimate of drug-likeness (QED) is 0.687.